The molecule has 0 unspecified atom stereocenters. The summed E-state index contributed by atoms with van der Waals surface area (Å²) < 4.78 is 5.39. The maximum absolute atomic E-state index is 12.2. The summed E-state index contributed by atoms with van der Waals surface area (Å²) in [4.78, 5) is 23.9. The molecule has 0 heterocycles. The van der Waals surface area contributed by atoms with E-state index in [0.29, 0.717) is 17.9 Å². The maximum atomic E-state index is 12.2. The molecule has 8 heteroatoms. The average molecular weight is 337 g/mol. The Labute approximate surface area is 140 Å². The fraction of sp³-hybridized carbons (Fsp3) is 0.375. The van der Waals surface area contributed by atoms with Crippen LogP contribution < -0.4 is 21.3 Å². The Kier molecular flexibility index (Phi) is 7.37. The van der Waals surface area contributed by atoms with Gasteiger partial charge in [-0.15, -0.1) is 0 Å². The number of hydroxylamine groups is 1. The van der Waals surface area contributed by atoms with Gasteiger partial charge in [0, 0.05) is 11.1 Å². The van der Waals surface area contributed by atoms with E-state index in [1.807, 2.05) is 0 Å². The van der Waals surface area contributed by atoms with Crippen molar-refractivity contribution in [2.24, 2.45) is 5.73 Å². The molecule has 1 aromatic carbocycles. The summed E-state index contributed by atoms with van der Waals surface area (Å²) >= 11 is 0. The number of benzene rings is 1. The zero-order chi connectivity index (χ0) is 18.2. The lowest BCUT2D eigenvalue weighted by Gasteiger charge is -2.29. The van der Waals surface area contributed by atoms with E-state index in [1.165, 1.54) is 17.6 Å². The number of hydrogen-bond donors (Lipinski definition) is 5. The Hall–Kier alpha value is -2.42. The lowest BCUT2D eigenvalue weighted by Crippen LogP contribution is -2.61. The normalized spacial score (nSPS) is 12.7. The van der Waals surface area contributed by atoms with Gasteiger partial charge in [-0.3, -0.25) is 14.8 Å². The molecule has 0 aliphatic rings. The van der Waals surface area contributed by atoms with E-state index in [2.05, 4.69) is 5.32 Å². The van der Waals surface area contributed by atoms with Crippen LogP contribution in [0.2, 0.25) is 0 Å². The number of aliphatic hydroxyl groups is 1. The third-order valence-electron chi connectivity index (χ3n) is 3.13. The summed E-state index contributed by atoms with van der Waals surface area (Å²) in [6.07, 6.45) is 3.23. The lowest BCUT2D eigenvalue weighted by molar-refractivity contribution is -0.132. The topological polar surface area (TPSA) is 134 Å². The smallest absolute Gasteiger partial charge is 0.267 e. The van der Waals surface area contributed by atoms with Crippen molar-refractivity contribution in [2.45, 2.75) is 25.4 Å². The van der Waals surface area contributed by atoms with Crippen molar-refractivity contribution in [1.82, 2.24) is 10.8 Å². The highest BCUT2D eigenvalue weighted by molar-refractivity contribution is 5.97. The van der Waals surface area contributed by atoms with Crippen molar-refractivity contribution in [3.63, 3.8) is 0 Å². The van der Waals surface area contributed by atoms with Gasteiger partial charge >= 0.3 is 0 Å². The molecule has 0 bridgehead atoms. The molecule has 0 aliphatic carbocycles. The second kappa shape index (κ2) is 9.02. The molecule has 2 amide bonds. The van der Waals surface area contributed by atoms with Gasteiger partial charge in [0.25, 0.3) is 11.8 Å². The molecule has 0 fully saturated rings. The van der Waals surface area contributed by atoms with Crippen LogP contribution in [0.15, 0.2) is 36.4 Å². The zero-order valence-electron chi connectivity index (χ0n) is 13.7. The number of nitrogens with two attached hydrogens (primary N) is 1. The number of carbonyl (C=O) groups is 2. The molecule has 8 nitrogen and oxygen atoms in total. The van der Waals surface area contributed by atoms with E-state index in [4.69, 9.17) is 20.8 Å². The zero-order valence-corrected chi connectivity index (χ0v) is 13.7. The van der Waals surface area contributed by atoms with E-state index in [-0.39, 0.29) is 6.61 Å². The van der Waals surface area contributed by atoms with Crippen molar-refractivity contribution in [3.05, 3.63) is 42.0 Å². The van der Waals surface area contributed by atoms with E-state index in [0.717, 1.165) is 0 Å². The minimum Gasteiger partial charge on any atom is -0.490 e. The van der Waals surface area contributed by atoms with Crippen molar-refractivity contribution < 1.29 is 24.6 Å². The molecule has 0 spiro atoms. The molecule has 0 saturated carbocycles. The summed E-state index contributed by atoms with van der Waals surface area (Å²) in [5.41, 5.74) is 6.60. The molecule has 132 valence electrons. The number of ether oxygens (including phenoxy) is 1. The molecule has 1 atom stereocenters. The summed E-state index contributed by atoms with van der Waals surface area (Å²) in [6.45, 7) is 3.36. The van der Waals surface area contributed by atoms with Gasteiger partial charge in [-0.2, -0.15) is 0 Å². The van der Waals surface area contributed by atoms with Crippen LogP contribution in [-0.4, -0.2) is 46.9 Å². The van der Waals surface area contributed by atoms with Crippen LogP contribution in [0.3, 0.4) is 0 Å². The van der Waals surface area contributed by atoms with Crippen LogP contribution in [0, 0.1) is 0 Å². The van der Waals surface area contributed by atoms with Gasteiger partial charge in [0.2, 0.25) is 0 Å². The maximum Gasteiger partial charge on any atom is 0.267 e. The van der Waals surface area contributed by atoms with Gasteiger partial charge in [-0.05, 0) is 44.2 Å². The highest BCUT2D eigenvalue weighted by Crippen LogP contribution is 2.13. The molecular weight excluding hydrogens is 314 g/mol. The molecule has 6 N–H and O–H groups in total. The summed E-state index contributed by atoms with van der Waals surface area (Å²) in [5.74, 6) is -0.752. The van der Waals surface area contributed by atoms with Crippen molar-refractivity contribution in [2.75, 3.05) is 13.2 Å². The second-order valence-corrected chi connectivity index (χ2v) is 5.69. The molecule has 0 aromatic heterocycles. The van der Waals surface area contributed by atoms with Crippen LogP contribution in [0.1, 0.15) is 24.2 Å². The second-order valence-electron chi connectivity index (χ2n) is 5.69. The highest BCUT2D eigenvalue weighted by Gasteiger charge is 2.33. The number of nitrogens with one attached hydrogen (secondary N) is 2. The van der Waals surface area contributed by atoms with Gasteiger partial charge in [-0.1, -0.05) is 6.08 Å². The van der Waals surface area contributed by atoms with Crippen LogP contribution >= 0.6 is 0 Å². The first-order valence-corrected chi connectivity index (χ1v) is 7.32. The highest BCUT2D eigenvalue weighted by atomic mass is 16.5. The predicted octanol–water partition coefficient (Wildman–Crippen LogP) is -0.0450. The van der Waals surface area contributed by atoms with E-state index >= 15 is 0 Å². The van der Waals surface area contributed by atoms with E-state index in [1.54, 1.807) is 38.1 Å². The van der Waals surface area contributed by atoms with Gasteiger partial charge in [0.15, 0.2) is 0 Å². The number of hydrogen-bond acceptors (Lipinski definition) is 6. The Bertz CT molecular complexity index is 578. The third kappa shape index (κ3) is 5.99. The van der Waals surface area contributed by atoms with Crippen molar-refractivity contribution in [3.8, 4) is 5.75 Å². The van der Waals surface area contributed by atoms with Gasteiger partial charge in [0.1, 0.15) is 18.4 Å². The monoisotopic (exact) mass is 337 g/mol. The first-order valence-electron chi connectivity index (χ1n) is 7.32. The van der Waals surface area contributed by atoms with Crippen LogP contribution in [-0.2, 0) is 4.79 Å². The van der Waals surface area contributed by atoms with Gasteiger partial charge in [-0.25, -0.2) is 5.48 Å². The van der Waals surface area contributed by atoms with Gasteiger partial charge in [0.05, 0.1) is 6.61 Å². The summed E-state index contributed by atoms with van der Waals surface area (Å²) in [7, 11) is 0. The van der Waals surface area contributed by atoms with Crippen LogP contribution in [0.25, 0.3) is 0 Å². The quantitative estimate of drug-likeness (QED) is 0.257. The number of aliphatic hydroxyl groups excluding tert-OH is 1. The Morgan fingerprint density at radius 3 is 2.42 bits per heavy atom. The molecule has 1 aromatic rings. The molecule has 0 aliphatic heterocycles. The van der Waals surface area contributed by atoms with Crippen molar-refractivity contribution >= 4 is 11.8 Å². The lowest BCUT2D eigenvalue weighted by atomic mass is 9.95. The average Bonchev–Trinajstić information content (AvgIpc) is 2.55. The first kappa shape index (κ1) is 19.6. The van der Waals surface area contributed by atoms with Crippen LogP contribution in [0.4, 0.5) is 0 Å². The Morgan fingerprint density at radius 2 is 1.92 bits per heavy atom. The third-order valence-corrected chi connectivity index (χ3v) is 3.13. The minimum atomic E-state index is -1.10. The number of carbonyl (C=O) groups excluding carboxylic acids is 2. The fourth-order valence-corrected chi connectivity index (χ4v) is 1.86. The largest absolute Gasteiger partial charge is 0.490 e. The Morgan fingerprint density at radius 1 is 1.29 bits per heavy atom. The number of amides is 2. The summed E-state index contributed by atoms with van der Waals surface area (Å²) in [5, 5.41) is 19.9. The molecule has 0 saturated heterocycles. The van der Waals surface area contributed by atoms with E-state index < -0.39 is 23.4 Å². The van der Waals surface area contributed by atoms with Crippen molar-refractivity contribution in [1.29, 1.82) is 0 Å². The molecule has 1 rings (SSSR count). The SMILES string of the molecule is CC(C)(N)[C@H](NC(=O)c1ccc(OC/C=C/CO)cc1)C(=O)NO. The number of rotatable bonds is 8. The van der Waals surface area contributed by atoms with Crippen LogP contribution in [0.5, 0.6) is 5.75 Å². The molecular formula is C16H23N3O5. The predicted molar refractivity (Wildman–Crippen MR) is 87.6 cm³/mol. The molecule has 24 heavy (non-hydrogen) atoms. The standard InChI is InChI=1S/C16H23N3O5/c1-16(2,17)13(15(22)19-23)18-14(21)11-5-7-12(8-6-11)24-10-4-3-9-20/h3-8,13,20,23H,9-10,17H2,1-2H3,(H,18,21)(H,19,22)/b4-3+/t13-/m1/s1. The van der Waals surface area contributed by atoms with E-state index in [9.17, 15) is 9.59 Å². The van der Waals surface area contributed by atoms with Gasteiger partial charge < -0.3 is 20.9 Å². The minimum absolute atomic E-state index is 0.0530. The molecule has 0 radical (unpaired) electrons. The Balaban J connectivity index is 2.73. The summed E-state index contributed by atoms with van der Waals surface area (Å²) in [6, 6.07) is 5.19. The first-order chi connectivity index (χ1) is 11.3. The fourth-order valence-electron chi connectivity index (χ4n) is 1.86.